The van der Waals surface area contributed by atoms with Crippen LogP contribution in [-0.4, -0.2) is 57.7 Å². The van der Waals surface area contributed by atoms with E-state index < -0.39 is 34.7 Å². The Hall–Kier alpha value is -2.55. The minimum atomic E-state index is -1.34. The molecule has 3 rings (SSSR count). The van der Waals surface area contributed by atoms with E-state index >= 15 is 0 Å². The van der Waals surface area contributed by atoms with Crippen LogP contribution in [-0.2, 0) is 22.6 Å². The van der Waals surface area contributed by atoms with Gasteiger partial charge in [0.2, 0.25) is 5.91 Å². The summed E-state index contributed by atoms with van der Waals surface area (Å²) in [5.41, 5.74) is 8.79. The SMILES string of the molecule is COc1ccc(C[C@H](NCc2ccccc2C)[C@H](O)C(=O)N2CSC(C)(C)[C@H]2C(N)=O)cc1. The van der Waals surface area contributed by atoms with E-state index in [1.54, 1.807) is 7.11 Å². The summed E-state index contributed by atoms with van der Waals surface area (Å²) in [5, 5.41) is 14.5. The average Bonchev–Trinajstić information content (AvgIpc) is 3.12. The number of nitrogens with one attached hydrogen (secondary N) is 1. The number of carbonyl (C=O) groups is 2. The second kappa shape index (κ2) is 10.6. The summed E-state index contributed by atoms with van der Waals surface area (Å²) in [6.45, 7) is 6.30. The summed E-state index contributed by atoms with van der Waals surface area (Å²) in [6, 6.07) is 14.2. The number of primary amides is 1. The Balaban J connectivity index is 1.82. The number of methoxy groups -OCH3 is 1. The highest BCUT2D eigenvalue weighted by Gasteiger charge is 2.48. The van der Waals surface area contributed by atoms with E-state index in [0.29, 0.717) is 18.8 Å². The van der Waals surface area contributed by atoms with Gasteiger partial charge in [0.1, 0.15) is 17.9 Å². The van der Waals surface area contributed by atoms with Crippen LogP contribution in [0.15, 0.2) is 48.5 Å². The van der Waals surface area contributed by atoms with Gasteiger partial charge in [-0.2, -0.15) is 0 Å². The van der Waals surface area contributed by atoms with Crippen molar-refractivity contribution < 1.29 is 19.4 Å². The molecule has 1 fully saturated rings. The fraction of sp³-hybridized carbons (Fsp3) is 0.440. The van der Waals surface area contributed by atoms with Crippen LogP contribution in [0.1, 0.15) is 30.5 Å². The molecule has 1 heterocycles. The minimum absolute atomic E-state index is 0.309. The van der Waals surface area contributed by atoms with E-state index in [4.69, 9.17) is 10.5 Å². The molecule has 0 spiro atoms. The summed E-state index contributed by atoms with van der Waals surface area (Å²) >= 11 is 1.48. The lowest BCUT2D eigenvalue weighted by Gasteiger charge is -2.32. The van der Waals surface area contributed by atoms with Crippen LogP contribution in [0.25, 0.3) is 0 Å². The molecule has 178 valence electrons. The number of benzene rings is 2. The maximum Gasteiger partial charge on any atom is 0.254 e. The Morgan fingerprint density at radius 1 is 1.24 bits per heavy atom. The van der Waals surface area contributed by atoms with Gasteiger partial charge in [-0.1, -0.05) is 36.4 Å². The molecule has 2 aromatic carbocycles. The van der Waals surface area contributed by atoms with E-state index in [1.165, 1.54) is 16.7 Å². The average molecular weight is 472 g/mol. The molecular weight excluding hydrogens is 438 g/mol. The lowest BCUT2D eigenvalue weighted by atomic mass is 9.97. The molecule has 1 aliphatic heterocycles. The number of hydrogen-bond acceptors (Lipinski definition) is 6. The smallest absolute Gasteiger partial charge is 0.254 e. The maximum atomic E-state index is 13.4. The second-order valence-electron chi connectivity index (χ2n) is 8.90. The first-order valence-electron chi connectivity index (χ1n) is 11.0. The second-order valence-corrected chi connectivity index (χ2v) is 10.5. The molecule has 0 saturated carbocycles. The van der Waals surface area contributed by atoms with Crippen LogP contribution in [0.5, 0.6) is 5.75 Å². The number of hydrogen-bond donors (Lipinski definition) is 3. The van der Waals surface area contributed by atoms with Crippen molar-refractivity contribution in [2.45, 2.75) is 56.7 Å². The van der Waals surface area contributed by atoms with Crippen molar-refractivity contribution in [2.24, 2.45) is 5.73 Å². The van der Waals surface area contributed by atoms with E-state index in [-0.39, 0.29) is 0 Å². The number of aryl methyl sites for hydroxylation is 1. The molecule has 2 amide bonds. The van der Waals surface area contributed by atoms with Gasteiger partial charge >= 0.3 is 0 Å². The first-order chi connectivity index (χ1) is 15.6. The van der Waals surface area contributed by atoms with Gasteiger partial charge in [-0.15, -0.1) is 11.8 Å². The Kier molecular flexibility index (Phi) is 8.05. The van der Waals surface area contributed by atoms with Gasteiger partial charge in [0, 0.05) is 17.3 Å². The van der Waals surface area contributed by atoms with Crippen molar-refractivity contribution in [3.05, 3.63) is 65.2 Å². The number of nitrogens with two attached hydrogens (primary N) is 1. The molecule has 1 aliphatic rings. The minimum Gasteiger partial charge on any atom is -0.497 e. The summed E-state index contributed by atoms with van der Waals surface area (Å²) in [5.74, 6) is -0.0120. The van der Waals surface area contributed by atoms with E-state index in [0.717, 1.165) is 22.4 Å². The monoisotopic (exact) mass is 471 g/mol. The first-order valence-corrected chi connectivity index (χ1v) is 11.9. The number of nitrogens with zero attached hydrogens (tertiary/aromatic N) is 1. The van der Waals surface area contributed by atoms with Crippen LogP contribution in [0.4, 0.5) is 0 Å². The number of amides is 2. The summed E-state index contributed by atoms with van der Waals surface area (Å²) in [4.78, 5) is 26.9. The maximum absolute atomic E-state index is 13.4. The van der Waals surface area contributed by atoms with Gasteiger partial charge in [-0.3, -0.25) is 9.59 Å². The number of aliphatic hydroxyl groups excluding tert-OH is 1. The molecule has 0 bridgehead atoms. The molecule has 4 N–H and O–H groups in total. The zero-order valence-corrected chi connectivity index (χ0v) is 20.4. The molecule has 0 aromatic heterocycles. The largest absolute Gasteiger partial charge is 0.497 e. The zero-order chi connectivity index (χ0) is 24.2. The standard InChI is InChI=1S/C25H33N3O4S/c1-16-7-5-6-8-18(16)14-27-20(13-17-9-11-19(32-4)12-10-17)21(29)24(31)28-15-33-25(2,3)22(28)23(26)30/h5-12,20-22,27,29H,13-15H2,1-4H3,(H2,26,30)/t20-,21-,22+/m0/s1. The molecule has 0 unspecified atom stereocenters. The van der Waals surface area contributed by atoms with Crippen LogP contribution < -0.4 is 15.8 Å². The fourth-order valence-corrected chi connectivity index (χ4v) is 5.30. The molecule has 1 saturated heterocycles. The first kappa shape index (κ1) is 25.1. The van der Waals surface area contributed by atoms with Gasteiger partial charge < -0.3 is 25.8 Å². The lowest BCUT2D eigenvalue weighted by molar-refractivity contribution is -0.146. The molecule has 0 aliphatic carbocycles. The predicted octanol–water partition coefficient (Wildman–Crippen LogP) is 2.23. The van der Waals surface area contributed by atoms with Crippen LogP contribution in [0.3, 0.4) is 0 Å². The number of thioether (sulfide) groups is 1. The zero-order valence-electron chi connectivity index (χ0n) is 19.6. The molecule has 3 atom stereocenters. The van der Waals surface area contributed by atoms with Crippen LogP contribution >= 0.6 is 11.8 Å². The van der Waals surface area contributed by atoms with Crippen molar-refractivity contribution in [3.63, 3.8) is 0 Å². The van der Waals surface area contributed by atoms with Crippen molar-refractivity contribution in [3.8, 4) is 5.75 Å². The van der Waals surface area contributed by atoms with Gasteiger partial charge in [-0.05, 0) is 56.0 Å². The Morgan fingerprint density at radius 3 is 2.52 bits per heavy atom. The third-order valence-electron chi connectivity index (χ3n) is 6.16. The highest BCUT2D eigenvalue weighted by molar-refractivity contribution is 8.00. The van der Waals surface area contributed by atoms with Gasteiger partial charge in [0.05, 0.1) is 13.0 Å². The molecule has 7 nitrogen and oxygen atoms in total. The Morgan fingerprint density at radius 2 is 1.91 bits per heavy atom. The van der Waals surface area contributed by atoms with Crippen molar-refractivity contribution in [1.29, 1.82) is 0 Å². The highest BCUT2D eigenvalue weighted by atomic mass is 32.2. The number of aliphatic hydroxyl groups is 1. The van der Waals surface area contributed by atoms with Gasteiger partial charge in [-0.25, -0.2) is 0 Å². The summed E-state index contributed by atoms with van der Waals surface area (Å²) in [6.07, 6.45) is -0.915. The van der Waals surface area contributed by atoms with E-state index in [1.807, 2.05) is 69.3 Å². The Labute approximate surface area is 199 Å². The van der Waals surface area contributed by atoms with Crippen molar-refractivity contribution >= 4 is 23.6 Å². The lowest BCUT2D eigenvalue weighted by Crippen LogP contribution is -2.57. The van der Waals surface area contributed by atoms with E-state index in [2.05, 4.69) is 5.32 Å². The molecule has 33 heavy (non-hydrogen) atoms. The van der Waals surface area contributed by atoms with Crippen LogP contribution in [0, 0.1) is 6.92 Å². The highest BCUT2D eigenvalue weighted by Crippen LogP contribution is 2.39. The predicted molar refractivity (Wildman–Crippen MR) is 131 cm³/mol. The number of carbonyl (C=O) groups excluding carboxylic acids is 2. The van der Waals surface area contributed by atoms with Crippen molar-refractivity contribution in [2.75, 3.05) is 13.0 Å². The van der Waals surface area contributed by atoms with E-state index in [9.17, 15) is 14.7 Å². The fourth-order valence-electron chi connectivity index (χ4n) is 4.15. The molecule has 8 heteroatoms. The van der Waals surface area contributed by atoms with Crippen LogP contribution in [0.2, 0.25) is 0 Å². The third-order valence-corrected chi connectivity index (χ3v) is 7.54. The molecular formula is C25H33N3O4S. The normalized spacial score (nSPS) is 19.2. The summed E-state index contributed by atoms with van der Waals surface area (Å²) in [7, 11) is 1.61. The van der Waals surface area contributed by atoms with Crippen molar-refractivity contribution in [1.82, 2.24) is 10.2 Å². The quantitative estimate of drug-likeness (QED) is 0.518. The number of ether oxygens (including phenoxy) is 1. The number of rotatable bonds is 9. The summed E-state index contributed by atoms with van der Waals surface area (Å²) < 4.78 is 4.72. The Bertz CT molecular complexity index is 980. The van der Waals surface area contributed by atoms with Gasteiger partial charge in [0.15, 0.2) is 0 Å². The topological polar surface area (TPSA) is 105 Å². The van der Waals surface area contributed by atoms with Gasteiger partial charge in [0.25, 0.3) is 5.91 Å². The molecule has 2 aromatic rings. The third kappa shape index (κ3) is 5.88. The molecule has 0 radical (unpaired) electrons.